The van der Waals surface area contributed by atoms with Crippen LogP contribution in [-0.2, 0) is 6.54 Å². The minimum absolute atomic E-state index is 0.336. The van der Waals surface area contributed by atoms with E-state index in [-0.39, 0.29) is 5.82 Å². The molecule has 0 amide bonds. The van der Waals surface area contributed by atoms with Crippen molar-refractivity contribution in [3.05, 3.63) is 71.3 Å². The van der Waals surface area contributed by atoms with Crippen LogP contribution in [0.15, 0.2) is 54.9 Å². The van der Waals surface area contributed by atoms with E-state index in [1.807, 2.05) is 30.5 Å². The Bertz CT molecular complexity index is 753. The van der Waals surface area contributed by atoms with E-state index in [9.17, 15) is 4.39 Å². The maximum absolute atomic E-state index is 13.0. The van der Waals surface area contributed by atoms with Gasteiger partial charge in [0.25, 0.3) is 0 Å². The summed E-state index contributed by atoms with van der Waals surface area (Å²) in [7, 11) is 0. The van der Waals surface area contributed by atoms with Gasteiger partial charge in [0, 0.05) is 24.3 Å². The SMILES string of the molecule is Fc1ccc(NCc2cccc3cnccc23)c(Cl)c1. The van der Waals surface area contributed by atoms with Gasteiger partial charge in [-0.3, -0.25) is 4.98 Å². The number of rotatable bonds is 3. The Labute approximate surface area is 121 Å². The minimum Gasteiger partial charge on any atom is -0.380 e. The lowest BCUT2D eigenvalue weighted by molar-refractivity contribution is 0.628. The van der Waals surface area contributed by atoms with Crippen molar-refractivity contribution in [2.45, 2.75) is 6.54 Å². The number of halogens is 2. The Morgan fingerprint density at radius 1 is 1.15 bits per heavy atom. The van der Waals surface area contributed by atoms with Gasteiger partial charge in [0.05, 0.1) is 10.7 Å². The second-order valence-electron chi connectivity index (χ2n) is 4.49. The standard InChI is InChI=1S/C16H12ClFN2/c17-15-8-13(18)4-5-16(15)20-10-12-3-1-2-11-9-19-7-6-14(11)12/h1-9,20H,10H2. The Hall–Kier alpha value is -2.13. The number of pyridine rings is 1. The van der Waals surface area contributed by atoms with Gasteiger partial charge in [-0.1, -0.05) is 29.8 Å². The van der Waals surface area contributed by atoms with Crippen LogP contribution in [0.4, 0.5) is 10.1 Å². The summed E-state index contributed by atoms with van der Waals surface area (Å²) in [5, 5.41) is 5.85. The number of aromatic nitrogens is 1. The van der Waals surface area contributed by atoms with Crippen molar-refractivity contribution in [2.75, 3.05) is 5.32 Å². The summed E-state index contributed by atoms with van der Waals surface area (Å²) in [5.41, 5.74) is 1.87. The second kappa shape index (κ2) is 5.47. The molecule has 2 nitrogen and oxygen atoms in total. The van der Waals surface area contributed by atoms with Gasteiger partial charge < -0.3 is 5.32 Å². The third kappa shape index (κ3) is 2.58. The van der Waals surface area contributed by atoms with Crippen LogP contribution in [0.2, 0.25) is 5.02 Å². The van der Waals surface area contributed by atoms with Gasteiger partial charge in [0.15, 0.2) is 0 Å². The first-order chi connectivity index (χ1) is 9.74. The van der Waals surface area contributed by atoms with Crippen LogP contribution < -0.4 is 5.32 Å². The third-order valence-electron chi connectivity index (χ3n) is 3.17. The van der Waals surface area contributed by atoms with Crippen LogP contribution in [0.5, 0.6) is 0 Å². The summed E-state index contributed by atoms with van der Waals surface area (Å²) in [4.78, 5) is 4.11. The van der Waals surface area contributed by atoms with E-state index in [1.165, 1.54) is 12.1 Å². The number of nitrogens with one attached hydrogen (secondary N) is 1. The Balaban J connectivity index is 1.87. The van der Waals surface area contributed by atoms with Gasteiger partial charge in [-0.15, -0.1) is 0 Å². The summed E-state index contributed by atoms with van der Waals surface area (Å²) in [6, 6.07) is 12.4. The lowest BCUT2D eigenvalue weighted by Gasteiger charge is -2.10. The molecule has 0 radical (unpaired) electrons. The maximum atomic E-state index is 13.0. The summed E-state index contributed by atoms with van der Waals surface area (Å²) in [5.74, 6) is -0.336. The van der Waals surface area contributed by atoms with Crippen molar-refractivity contribution in [1.82, 2.24) is 4.98 Å². The molecule has 0 bridgehead atoms. The zero-order valence-corrected chi connectivity index (χ0v) is 11.4. The molecule has 3 aromatic rings. The van der Waals surface area contributed by atoms with Crippen molar-refractivity contribution >= 4 is 28.1 Å². The largest absolute Gasteiger partial charge is 0.380 e. The van der Waals surface area contributed by atoms with Crippen LogP contribution in [0.25, 0.3) is 10.8 Å². The molecule has 0 aliphatic carbocycles. The van der Waals surface area contributed by atoms with Gasteiger partial charge in [0.1, 0.15) is 5.82 Å². The smallest absolute Gasteiger partial charge is 0.124 e. The fraction of sp³-hybridized carbons (Fsp3) is 0.0625. The molecule has 1 heterocycles. The summed E-state index contributed by atoms with van der Waals surface area (Å²) >= 11 is 6.00. The highest BCUT2D eigenvalue weighted by molar-refractivity contribution is 6.33. The Morgan fingerprint density at radius 2 is 2.05 bits per heavy atom. The van der Waals surface area contributed by atoms with Crippen molar-refractivity contribution in [3.63, 3.8) is 0 Å². The van der Waals surface area contributed by atoms with Crippen LogP contribution in [0.1, 0.15) is 5.56 Å². The molecule has 3 rings (SSSR count). The van der Waals surface area contributed by atoms with E-state index >= 15 is 0 Å². The van der Waals surface area contributed by atoms with Crippen molar-refractivity contribution in [2.24, 2.45) is 0 Å². The van der Waals surface area contributed by atoms with Crippen LogP contribution in [0, 0.1) is 5.82 Å². The molecular weight excluding hydrogens is 275 g/mol. The Kier molecular flexibility index (Phi) is 3.52. The first kappa shape index (κ1) is 12.9. The van der Waals surface area contributed by atoms with Gasteiger partial charge in [-0.2, -0.15) is 0 Å². The number of hydrogen-bond acceptors (Lipinski definition) is 2. The summed E-state index contributed by atoms with van der Waals surface area (Å²) in [6.45, 7) is 0.618. The molecule has 0 fully saturated rings. The molecule has 0 unspecified atom stereocenters. The van der Waals surface area contributed by atoms with E-state index < -0.39 is 0 Å². The average molecular weight is 287 g/mol. The lowest BCUT2D eigenvalue weighted by Crippen LogP contribution is -2.01. The molecule has 20 heavy (non-hydrogen) atoms. The maximum Gasteiger partial charge on any atom is 0.124 e. The quantitative estimate of drug-likeness (QED) is 0.759. The fourth-order valence-corrected chi connectivity index (χ4v) is 2.40. The zero-order chi connectivity index (χ0) is 13.9. The highest BCUT2D eigenvalue weighted by Gasteiger charge is 2.04. The molecule has 100 valence electrons. The van der Waals surface area contributed by atoms with E-state index in [0.717, 1.165) is 22.0 Å². The number of nitrogens with zero attached hydrogens (tertiary/aromatic N) is 1. The number of anilines is 1. The minimum atomic E-state index is -0.336. The van der Waals surface area contributed by atoms with Crippen molar-refractivity contribution in [1.29, 1.82) is 0 Å². The van der Waals surface area contributed by atoms with E-state index in [2.05, 4.69) is 10.3 Å². The normalized spacial score (nSPS) is 10.7. The molecule has 1 aromatic heterocycles. The van der Waals surface area contributed by atoms with Crippen LogP contribution in [0.3, 0.4) is 0 Å². The molecule has 0 saturated carbocycles. The molecule has 0 aliphatic rings. The second-order valence-corrected chi connectivity index (χ2v) is 4.90. The van der Waals surface area contributed by atoms with Crippen LogP contribution in [-0.4, -0.2) is 4.98 Å². The van der Waals surface area contributed by atoms with Gasteiger partial charge in [0.2, 0.25) is 0 Å². The monoisotopic (exact) mass is 286 g/mol. The summed E-state index contributed by atoms with van der Waals surface area (Å²) < 4.78 is 13.0. The first-order valence-electron chi connectivity index (χ1n) is 6.24. The third-order valence-corrected chi connectivity index (χ3v) is 3.48. The first-order valence-corrected chi connectivity index (χ1v) is 6.62. The molecule has 1 N–H and O–H groups in total. The topological polar surface area (TPSA) is 24.9 Å². The molecule has 0 aliphatic heterocycles. The Morgan fingerprint density at radius 3 is 2.90 bits per heavy atom. The molecule has 0 saturated heterocycles. The highest BCUT2D eigenvalue weighted by Crippen LogP contribution is 2.24. The van der Waals surface area contributed by atoms with E-state index in [4.69, 9.17) is 11.6 Å². The molecule has 2 aromatic carbocycles. The highest BCUT2D eigenvalue weighted by atomic mass is 35.5. The van der Waals surface area contributed by atoms with Crippen molar-refractivity contribution < 1.29 is 4.39 Å². The molecule has 0 spiro atoms. The molecule has 0 atom stereocenters. The van der Waals surface area contributed by atoms with E-state index in [0.29, 0.717) is 11.6 Å². The van der Waals surface area contributed by atoms with Crippen molar-refractivity contribution in [3.8, 4) is 0 Å². The predicted molar refractivity (Wildman–Crippen MR) is 80.5 cm³/mol. The van der Waals surface area contributed by atoms with E-state index in [1.54, 1.807) is 12.3 Å². The zero-order valence-electron chi connectivity index (χ0n) is 10.6. The number of fused-ring (bicyclic) bond motifs is 1. The van der Waals surface area contributed by atoms with Gasteiger partial charge in [-0.25, -0.2) is 4.39 Å². The van der Waals surface area contributed by atoms with Gasteiger partial charge in [-0.05, 0) is 35.2 Å². The fourth-order valence-electron chi connectivity index (χ4n) is 2.17. The lowest BCUT2D eigenvalue weighted by atomic mass is 10.1. The van der Waals surface area contributed by atoms with Gasteiger partial charge >= 0.3 is 0 Å². The molecule has 4 heteroatoms. The summed E-state index contributed by atoms with van der Waals surface area (Å²) in [6.07, 6.45) is 3.61. The van der Waals surface area contributed by atoms with Crippen LogP contribution >= 0.6 is 11.6 Å². The predicted octanol–water partition coefficient (Wildman–Crippen LogP) is 4.64. The number of hydrogen-bond donors (Lipinski definition) is 1. The average Bonchev–Trinajstić information content (AvgIpc) is 2.46. The molecular formula is C16H12ClFN2. The number of benzene rings is 2.